The molecule has 3 N–H and O–H groups in total. The first-order valence-corrected chi connectivity index (χ1v) is 6.26. The molecule has 108 valence electrons. The van der Waals surface area contributed by atoms with Crippen molar-refractivity contribution in [3.63, 3.8) is 0 Å². The second-order valence-corrected chi connectivity index (χ2v) is 4.67. The monoisotopic (exact) mass is 314 g/mol. The molecular weight excluding hydrogens is 300 g/mol. The van der Waals surface area contributed by atoms with Crippen LogP contribution in [0.4, 0.5) is 0 Å². The summed E-state index contributed by atoms with van der Waals surface area (Å²) in [4.78, 5) is 1.00. The number of benzene rings is 1. The Morgan fingerprint density at radius 1 is 1.20 bits per heavy atom. The maximum absolute atomic E-state index is 5.27. The van der Waals surface area contributed by atoms with E-state index in [2.05, 4.69) is 15.6 Å². The number of nitrogens with one attached hydrogen (secondary N) is 1. The molecule has 0 radical (unpaired) electrons. The van der Waals surface area contributed by atoms with E-state index >= 15 is 0 Å². The molecule has 0 unspecified atom stereocenters. The van der Waals surface area contributed by atoms with Gasteiger partial charge in [-0.05, 0) is 17.5 Å². The molecule has 0 amide bonds. The van der Waals surface area contributed by atoms with Crippen molar-refractivity contribution >= 4 is 46.4 Å². The van der Waals surface area contributed by atoms with Gasteiger partial charge in [0.2, 0.25) is 0 Å². The second-order valence-electron chi connectivity index (χ2n) is 3.56. The molecular formula is C12H15ClN4O2S. The normalized spacial score (nSPS) is 10.9. The minimum Gasteiger partial charge on any atom is -0.493 e. The smallest absolute Gasteiger partial charge is 0.162 e. The average molecular weight is 315 g/mol. The fraction of sp³-hybridized carbons (Fsp3) is 0.167. The van der Waals surface area contributed by atoms with Crippen molar-refractivity contribution in [1.29, 1.82) is 0 Å². The van der Waals surface area contributed by atoms with Gasteiger partial charge in [-0.15, -0.1) is 23.7 Å². The largest absolute Gasteiger partial charge is 0.493 e. The Labute approximate surface area is 126 Å². The maximum Gasteiger partial charge on any atom is 0.162 e. The number of halogens is 1. The highest BCUT2D eigenvalue weighted by Gasteiger charge is 2.08. The highest BCUT2D eigenvalue weighted by molar-refractivity contribution is 7.20. The van der Waals surface area contributed by atoms with Gasteiger partial charge in [0.1, 0.15) is 6.34 Å². The van der Waals surface area contributed by atoms with E-state index in [0.717, 1.165) is 15.0 Å². The van der Waals surface area contributed by atoms with E-state index in [1.807, 2.05) is 18.2 Å². The zero-order valence-electron chi connectivity index (χ0n) is 11.0. The van der Waals surface area contributed by atoms with Gasteiger partial charge in [0.25, 0.3) is 0 Å². The number of nitrogens with zero attached hydrogens (tertiary/aromatic N) is 2. The maximum atomic E-state index is 5.27. The van der Waals surface area contributed by atoms with Crippen molar-refractivity contribution in [3.05, 3.63) is 23.1 Å². The first-order valence-electron chi connectivity index (χ1n) is 5.44. The molecule has 8 heteroatoms. The third kappa shape index (κ3) is 3.52. The van der Waals surface area contributed by atoms with Crippen molar-refractivity contribution in [2.24, 2.45) is 16.0 Å². The molecule has 0 aliphatic rings. The SMILES string of the molecule is COc1cc2cc(C=NNC=NN)sc2cc1OC.Cl. The lowest BCUT2D eigenvalue weighted by Crippen LogP contribution is -2.03. The molecule has 20 heavy (non-hydrogen) atoms. The van der Waals surface area contributed by atoms with Gasteiger partial charge in [0.15, 0.2) is 11.5 Å². The van der Waals surface area contributed by atoms with Gasteiger partial charge in [-0.25, -0.2) is 0 Å². The van der Waals surface area contributed by atoms with Gasteiger partial charge in [-0.3, -0.25) is 5.43 Å². The van der Waals surface area contributed by atoms with Gasteiger partial charge >= 0.3 is 0 Å². The fourth-order valence-electron chi connectivity index (χ4n) is 1.62. The molecule has 0 saturated heterocycles. The standard InChI is InChI=1S/C12H14N4O2S.ClH/c1-17-10-4-8-3-9(6-15-16-7-14-13)19-12(8)5-11(10)18-2;/h3-7H,13H2,1-2H3,(H,14,16);1H. The highest BCUT2D eigenvalue weighted by atomic mass is 35.5. The van der Waals surface area contributed by atoms with Crippen molar-refractivity contribution < 1.29 is 9.47 Å². The number of fused-ring (bicyclic) bond motifs is 1. The molecule has 6 nitrogen and oxygen atoms in total. The summed E-state index contributed by atoms with van der Waals surface area (Å²) in [6, 6.07) is 5.91. The number of methoxy groups -OCH3 is 2. The number of ether oxygens (including phenoxy) is 2. The van der Waals surface area contributed by atoms with Crippen LogP contribution in [0.5, 0.6) is 11.5 Å². The first-order chi connectivity index (χ1) is 9.28. The fourth-order valence-corrected chi connectivity index (χ4v) is 2.57. The molecule has 0 aliphatic heterocycles. The van der Waals surface area contributed by atoms with E-state index in [-0.39, 0.29) is 12.4 Å². The Bertz CT molecular complexity index is 586. The summed E-state index contributed by atoms with van der Waals surface area (Å²) in [5, 5.41) is 8.31. The molecule has 0 spiro atoms. The molecule has 0 fully saturated rings. The number of hydrazone groups is 2. The van der Waals surface area contributed by atoms with Gasteiger partial charge in [-0.1, -0.05) is 0 Å². The number of rotatable bonds is 5. The van der Waals surface area contributed by atoms with Crippen LogP contribution in [0.15, 0.2) is 28.4 Å². The van der Waals surface area contributed by atoms with Gasteiger partial charge in [0, 0.05) is 15.6 Å². The Hall–Kier alpha value is -1.99. The van der Waals surface area contributed by atoms with Gasteiger partial charge in [0.05, 0.1) is 20.4 Å². The Balaban J connectivity index is 0.00000200. The zero-order chi connectivity index (χ0) is 13.7. The summed E-state index contributed by atoms with van der Waals surface area (Å²) < 4.78 is 11.6. The Kier molecular flexibility index (Phi) is 6.08. The van der Waals surface area contributed by atoms with E-state index in [1.165, 1.54) is 6.34 Å². The van der Waals surface area contributed by atoms with Crippen molar-refractivity contribution in [3.8, 4) is 11.5 Å². The van der Waals surface area contributed by atoms with Crippen molar-refractivity contribution in [2.45, 2.75) is 0 Å². The molecule has 1 heterocycles. The lowest BCUT2D eigenvalue weighted by atomic mass is 10.2. The van der Waals surface area contributed by atoms with E-state index in [4.69, 9.17) is 15.3 Å². The number of thiophene rings is 1. The van der Waals surface area contributed by atoms with Crippen molar-refractivity contribution in [1.82, 2.24) is 5.43 Å². The minimum atomic E-state index is 0. The Morgan fingerprint density at radius 2 is 1.90 bits per heavy atom. The van der Waals surface area contributed by atoms with E-state index in [9.17, 15) is 0 Å². The lowest BCUT2D eigenvalue weighted by Gasteiger charge is -2.06. The van der Waals surface area contributed by atoms with E-state index in [1.54, 1.807) is 31.8 Å². The van der Waals surface area contributed by atoms with Crippen LogP contribution in [-0.4, -0.2) is 26.8 Å². The molecule has 2 rings (SSSR count). The summed E-state index contributed by atoms with van der Waals surface area (Å²) in [6.45, 7) is 0. The molecule has 0 aliphatic carbocycles. The lowest BCUT2D eigenvalue weighted by molar-refractivity contribution is 0.356. The molecule has 0 saturated carbocycles. The summed E-state index contributed by atoms with van der Waals surface area (Å²) >= 11 is 1.60. The van der Waals surface area contributed by atoms with Crippen LogP contribution < -0.4 is 20.7 Å². The molecule has 0 bridgehead atoms. The zero-order valence-corrected chi connectivity index (χ0v) is 12.6. The Morgan fingerprint density at radius 3 is 2.55 bits per heavy atom. The molecule has 1 aromatic heterocycles. The molecule has 0 atom stereocenters. The summed E-state index contributed by atoms with van der Waals surface area (Å²) in [7, 11) is 3.24. The summed E-state index contributed by atoms with van der Waals surface area (Å²) in [5.74, 6) is 6.37. The van der Waals surface area contributed by atoms with E-state index in [0.29, 0.717) is 11.5 Å². The van der Waals surface area contributed by atoms with Crippen LogP contribution >= 0.6 is 23.7 Å². The van der Waals surface area contributed by atoms with Crippen LogP contribution in [0.1, 0.15) is 4.88 Å². The number of hydrogen-bond donors (Lipinski definition) is 2. The highest BCUT2D eigenvalue weighted by Crippen LogP contribution is 2.35. The van der Waals surface area contributed by atoms with Crippen LogP contribution in [0.3, 0.4) is 0 Å². The summed E-state index contributed by atoms with van der Waals surface area (Å²) in [5.41, 5.74) is 2.58. The number of nitrogens with two attached hydrogens (primary N) is 1. The van der Waals surface area contributed by atoms with Crippen LogP contribution in [0, 0.1) is 0 Å². The third-order valence-corrected chi connectivity index (χ3v) is 3.47. The van der Waals surface area contributed by atoms with Crippen molar-refractivity contribution in [2.75, 3.05) is 14.2 Å². The predicted octanol–water partition coefficient (Wildman–Crippen LogP) is 2.17. The second kappa shape index (κ2) is 7.56. The van der Waals surface area contributed by atoms with E-state index < -0.39 is 0 Å². The number of hydrogen-bond acceptors (Lipinski definition) is 6. The van der Waals surface area contributed by atoms with Crippen LogP contribution in [0.25, 0.3) is 10.1 Å². The average Bonchev–Trinajstić information content (AvgIpc) is 2.83. The predicted molar refractivity (Wildman–Crippen MR) is 85.6 cm³/mol. The first kappa shape index (κ1) is 16.1. The molecule has 2 aromatic rings. The van der Waals surface area contributed by atoms with Crippen LogP contribution in [-0.2, 0) is 0 Å². The van der Waals surface area contributed by atoms with Gasteiger partial charge < -0.3 is 15.3 Å². The summed E-state index contributed by atoms with van der Waals surface area (Å²) in [6.07, 6.45) is 3.00. The molecule has 1 aromatic carbocycles. The third-order valence-electron chi connectivity index (χ3n) is 2.44. The van der Waals surface area contributed by atoms with Crippen LogP contribution in [0.2, 0.25) is 0 Å². The quantitative estimate of drug-likeness (QED) is 0.383. The van der Waals surface area contributed by atoms with Gasteiger partial charge in [-0.2, -0.15) is 10.2 Å². The minimum absolute atomic E-state index is 0. The topological polar surface area (TPSA) is 81.2 Å².